The molecule has 0 saturated heterocycles. The molecule has 0 aliphatic carbocycles. The van der Waals surface area contributed by atoms with E-state index in [1.807, 2.05) is 32.9 Å². The quantitative estimate of drug-likeness (QED) is 0.443. The molecule has 0 aliphatic heterocycles. The molecule has 1 aromatic carbocycles. The molecule has 0 aliphatic rings. The highest BCUT2D eigenvalue weighted by Gasteiger charge is 2.17. The number of carbonyl (C=O) groups is 1. The first-order chi connectivity index (χ1) is 8.44. The first-order valence-electron chi connectivity index (χ1n) is 5.76. The summed E-state index contributed by atoms with van der Waals surface area (Å²) in [6.07, 6.45) is 0.519. The van der Waals surface area contributed by atoms with Crippen LogP contribution in [0.15, 0.2) is 24.3 Å². The third-order valence-electron chi connectivity index (χ3n) is 2.61. The SMILES string of the molecule is COC(C)(C)C[CH]OOC(=O)c1ccc(C)cc1. The summed E-state index contributed by atoms with van der Waals surface area (Å²) in [5, 5.41) is 0. The smallest absolute Gasteiger partial charge is 0.373 e. The van der Waals surface area contributed by atoms with E-state index in [9.17, 15) is 4.79 Å². The minimum atomic E-state index is -0.513. The molecule has 0 bridgehead atoms. The fourth-order valence-electron chi connectivity index (χ4n) is 1.13. The van der Waals surface area contributed by atoms with Crippen LogP contribution >= 0.6 is 0 Å². The fraction of sp³-hybridized carbons (Fsp3) is 0.429. The second kappa shape index (κ2) is 6.52. The maximum Gasteiger partial charge on any atom is 0.373 e. The molecular weight excluding hydrogens is 232 g/mol. The molecule has 0 amide bonds. The predicted octanol–water partition coefficient (Wildman–Crippen LogP) is 3.06. The largest absolute Gasteiger partial charge is 0.379 e. The number of carbonyl (C=O) groups excluding carboxylic acids is 1. The maximum absolute atomic E-state index is 11.6. The van der Waals surface area contributed by atoms with Crippen molar-refractivity contribution in [3.8, 4) is 0 Å². The third kappa shape index (κ3) is 4.85. The van der Waals surface area contributed by atoms with Gasteiger partial charge in [0.15, 0.2) is 0 Å². The molecule has 18 heavy (non-hydrogen) atoms. The number of benzene rings is 1. The molecule has 1 radical (unpaired) electrons. The van der Waals surface area contributed by atoms with Crippen LogP contribution in [-0.2, 0) is 14.5 Å². The summed E-state index contributed by atoms with van der Waals surface area (Å²) >= 11 is 0. The van der Waals surface area contributed by atoms with Crippen molar-refractivity contribution < 1.29 is 19.3 Å². The number of hydrogen-bond donors (Lipinski definition) is 0. The van der Waals surface area contributed by atoms with Gasteiger partial charge in [0.2, 0.25) is 0 Å². The number of hydrogen-bond acceptors (Lipinski definition) is 4. The molecule has 1 rings (SSSR count). The van der Waals surface area contributed by atoms with Gasteiger partial charge < -0.3 is 4.74 Å². The summed E-state index contributed by atoms with van der Waals surface area (Å²) in [5.74, 6) is -0.513. The van der Waals surface area contributed by atoms with Gasteiger partial charge in [-0.15, -0.1) is 0 Å². The molecule has 4 nitrogen and oxygen atoms in total. The summed E-state index contributed by atoms with van der Waals surface area (Å²) < 4.78 is 5.19. The first kappa shape index (κ1) is 14.7. The van der Waals surface area contributed by atoms with Gasteiger partial charge in [0.05, 0.1) is 11.2 Å². The van der Waals surface area contributed by atoms with Crippen molar-refractivity contribution in [3.05, 3.63) is 42.0 Å². The molecule has 0 heterocycles. The van der Waals surface area contributed by atoms with Crippen LogP contribution in [0, 0.1) is 13.5 Å². The Morgan fingerprint density at radius 1 is 1.28 bits per heavy atom. The van der Waals surface area contributed by atoms with Crippen molar-refractivity contribution >= 4 is 5.97 Å². The van der Waals surface area contributed by atoms with Gasteiger partial charge in [-0.1, -0.05) is 17.7 Å². The maximum atomic E-state index is 11.6. The molecule has 0 spiro atoms. The highest BCUT2D eigenvalue weighted by atomic mass is 17.2. The molecule has 0 saturated carbocycles. The van der Waals surface area contributed by atoms with Gasteiger partial charge in [0, 0.05) is 13.5 Å². The van der Waals surface area contributed by atoms with E-state index in [0.29, 0.717) is 12.0 Å². The Morgan fingerprint density at radius 2 is 1.89 bits per heavy atom. The van der Waals surface area contributed by atoms with Crippen LogP contribution in [0.4, 0.5) is 0 Å². The minimum Gasteiger partial charge on any atom is -0.379 e. The van der Waals surface area contributed by atoms with Crippen molar-refractivity contribution in [3.63, 3.8) is 0 Å². The van der Waals surface area contributed by atoms with E-state index in [1.54, 1.807) is 19.2 Å². The van der Waals surface area contributed by atoms with Crippen molar-refractivity contribution in [1.82, 2.24) is 0 Å². The fourth-order valence-corrected chi connectivity index (χ4v) is 1.13. The lowest BCUT2D eigenvalue weighted by Gasteiger charge is -2.21. The zero-order valence-corrected chi connectivity index (χ0v) is 11.2. The average molecular weight is 251 g/mol. The monoisotopic (exact) mass is 251 g/mol. The Labute approximate surface area is 108 Å². The highest BCUT2D eigenvalue weighted by Crippen LogP contribution is 2.15. The predicted molar refractivity (Wildman–Crippen MR) is 67.7 cm³/mol. The average Bonchev–Trinajstić information content (AvgIpc) is 2.35. The zero-order valence-electron chi connectivity index (χ0n) is 11.2. The lowest BCUT2D eigenvalue weighted by molar-refractivity contribution is -0.218. The van der Waals surface area contributed by atoms with Crippen LogP contribution in [0.3, 0.4) is 0 Å². The van der Waals surface area contributed by atoms with Crippen molar-refractivity contribution in [2.24, 2.45) is 0 Å². The van der Waals surface area contributed by atoms with E-state index in [2.05, 4.69) is 4.89 Å². The van der Waals surface area contributed by atoms with E-state index >= 15 is 0 Å². The summed E-state index contributed by atoms with van der Waals surface area (Å²) in [5.41, 5.74) is 1.21. The van der Waals surface area contributed by atoms with Gasteiger partial charge >= 0.3 is 5.97 Å². The number of ether oxygens (including phenoxy) is 1. The van der Waals surface area contributed by atoms with Crippen LogP contribution in [0.1, 0.15) is 36.2 Å². The van der Waals surface area contributed by atoms with Gasteiger partial charge in [-0.25, -0.2) is 4.79 Å². The molecule has 0 atom stereocenters. The van der Waals surface area contributed by atoms with E-state index in [1.165, 1.54) is 6.61 Å². The van der Waals surface area contributed by atoms with Crippen LogP contribution < -0.4 is 0 Å². The van der Waals surface area contributed by atoms with Crippen LogP contribution in [0.25, 0.3) is 0 Å². The molecule has 0 N–H and O–H groups in total. The summed E-state index contributed by atoms with van der Waals surface area (Å²) in [4.78, 5) is 21.0. The molecule has 99 valence electrons. The minimum absolute atomic E-state index is 0.337. The van der Waals surface area contributed by atoms with Gasteiger partial charge in [0.25, 0.3) is 0 Å². The molecule has 1 aromatic rings. The zero-order chi connectivity index (χ0) is 13.6. The van der Waals surface area contributed by atoms with Gasteiger partial charge in [0.1, 0.15) is 6.61 Å². The Morgan fingerprint density at radius 3 is 2.44 bits per heavy atom. The van der Waals surface area contributed by atoms with Crippen molar-refractivity contribution in [1.29, 1.82) is 0 Å². The van der Waals surface area contributed by atoms with Crippen molar-refractivity contribution in [2.45, 2.75) is 32.8 Å². The third-order valence-corrected chi connectivity index (χ3v) is 2.61. The van der Waals surface area contributed by atoms with Gasteiger partial charge in [-0.2, -0.15) is 4.89 Å². The standard InChI is InChI=1S/C14H19O4/c1-11-5-7-12(8-6-11)13(15)18-17-10-9-14(2,3)16-4/h5-8,10H,9H2,1-4H3. The van der Waals surface area contributed by atoms with E-state index < -0.39 is 5.97 Å². The first-order valence-corrected chi connectivity index (χ1v) is 5.76. The number of aryl methyl sites for hydroxylation is 1. The topological polar surface area (TPSA) is 44.8 Å². The van der Waals surface area contributed by atoms with Gasteiger partial charge in [-0.3, -0.25) is 4.89 Å². The number of methoxy groups -OCH3 is 1. The molecule has 0 aromatic heterocycles. The number of rotatable bonds is 6. The Hall–Kier alpha value is -1.39. The lowest BCUT2D eigenvalue weighted by atomic mass is 10.1. The Bertz CT molecular complexity index is 381. The molecule has 0 unspecified atom stereocenters. The summed E-state index contributed by atoms with van der Waals surface area (Å²) in [7, 11) is 1.62. The Kier molecular flexibility index (Phi) is 5.31. The van der Waals surface area contributed by atoms with E-state index in [0.717, 1.165) is 5.56 Å². The second-order valence-corrected chi connectivity index (χ2v) is 4.67. The second-order valence-electron chi connectivity index (χ2n) is 4.67. The highest BCUT2D eigenvalue weighted by molar-refractivity contribution is 5.88. The van der Waals surface area contributed by atoms with E-state index in [4.69, 9.17) is 9.62 Å². The molecular formula is C14H19O4. The molecule has 0 fully saturated rings. The van der Waals surface area contributed by atoms with Crippen molar-refractivity contribution in [2.75, 3.05) is 7.11 Å². The van der Waals surface area contributed by atoms with E-state index in [-0.39, 0.29) is 5.60 Å². The summed E-state index contributed by atoms with van der Waals surface area (Å²) in [6, 6.07) is 7.07. The van der Waals surface area contributed by atoms with Crippen LogP contribution in [-0.4, -0.2) is 18.7 Å². The summed E-state index contributed by atoms with van der Waals surface area (Å²) in [6.45, 7) is 7.19. The van der Waals surface area contributed by atoms with Crippen LogP contribution in [0.2, 0.25) is 0 Å². The molecule has 4 heteroatoms. The normalized spacial score (nSPS) is 11.3. The van der Waals surface area contributed by atoms with Gasteiger partial charge in [-0.05, 0) is 32.9 Å². The van der Waals surface area contributed by atoms with Crippen LogP contribution in [0.5, 0.6) is 0 Å². The Balaban J connectivity index is 2.32. The lowest BCUT2D eigenvalue weighted by Crippen LogP contribution is -2.22.